The van der Waals surface area contributed by atoms with E-state index in [9.17, 15) is 14.4 Å². The largest absolute Gasteiger partial charge is 0.492 e. The number of nitrogens with one attached hydrogen (secondary N) is 1. The molecule has 33 heavy (non-hydrogen) atoms. The van der Waals surface area contributed by atoms with Gasteiger partial charge in [0.2, 0.25) is 0 Å². The lowest BCUT2D eigenvalue weighted by Gasteiger charge is -2.23. The third-order valence-corrected chi connectivity index (χ3v) is 6.68. The molecule has 0 radical (unpaired) electrons. The summed E-state index contributed by atoms with van der Waals surface area (Å²) in [7, 11) is 0. The van der Waals surface area contributed by atoms with Gasteiger partial charge in [0.1, 0.15) is 5.75 Å². The van der Waals surface area contributed by atoms with Crippen LogP contribution in [0.4, 0.5) is 5.69 Å². The minimum Gasteiger partial charge on any atom is -0.492 e. The molecule has 0 aliphatic carbocycles. The summed E-state index contributed by atoms with van der Waals surface area (Å²) in [6.07, 6.45) is 5.20. The lowest BCUT2D eigenvalue weighted by molar-refractivity contribution is -0.123. The highest BCUT2D eigenvalue weighted by atomic mass is 16.5. The van der Waals surface area contributed by atoms with Crippen LogP contribution in [0, 0.1) is 0 Å². The summed E-state index contributed by atoms with van der Waals surface area (Å²) in [5, 5.41) is 2.45. The van der Waals surface area contributed by atoms with E-state index in [1.54, 1.807) is 12.4 Å². The quantitative estimate of drug-likeness (QED) is 0.741. The van der Waals surface area contributed by atoms with Gasteiger partial charge in [-0.15, -0.1) is 0 Å². The third-order valence-electron chi connectivity index (χ3n) is 6.68. The van der Waals surface area contributed by atoms with Crippen LogP contribution in [0.15, 0.2) is 59.4 Å². The zero-order valence-corrected chi connectivity index (χ0v) is 18.1. The van der Waals surface area contributed by atoms with E-state index >= 15 is 0 Å². The highest BCUT2D eigenvalue weighted by molar-refractivity contribution is 6.48. The fourth-order valence-corrected chi connectivity index (χ4v) is 5.20. The molecule has 7 nitrogen and oxygen atoms in total. The monoisotopic (exact) mass is 439 g/mol. The van der Waals surface area contributed by atoms with Gasteiger partial charge in [0, 0.05) is 42.8 Å². The Balaban J connectivity index is 1.56. The number of anilines is 1. The van der Waals surface area contributed by atoms with Crippen molar-refractivity contribution in [2.24, 2.45) is 4.99 Å². The predicted molar refractivity (Wildman–Crippen MR) is 123 cm³/mol. The van der Waals surface area contributed by atoms with Crippen molar-refractivity contribution < 1.29 is 19.1 Å². The Morgan fingerprint density at radius 1 is 1.09 bits per heavy atom. The molecule has 2 aromatic rings. The fourth-order valence-electron chi connectivity index (χ4n) is 5.20. The van der Waals surface area contributed by atoms with Crippen LogP contribution < -0.4 is 15.0 Å². The standard InChI is InChI=1S/C26H21N3O4/c1-2-19(30)18-13-15-6-4-8-17-22(27-10-11-29(18)23(15)17)21-20(25(31)28-26(21)32)16-7-3-5-14-9-12-33-24(14)16/h3-8,10-11,18H,2,9,12-13H2,1H3,(H,28,31,32). The average Bonchev–Trinajstić information content (AvgIpc) is 3.48. The molecular formula is C26H21N3O4. The number of carbonyl (C=O) groups is 3. The minimum atomic E-state index is -0.483. The van der Waals surface area contributed by atoms with Crippen molar-refractivity contribution >= 4 is 34.6 Å². The molecule has 1 N–H and O–H groups in total. The van der Waals surface area contributed by atoms with E-state index in [-0.39, 0.29) is 23.0 Å². The number of amides is 2. The summed E-state index contributed by atoms with van der Waals surface area (Å²) in [5.74, 6) is -0.148. The molecule has 1 atom stereocenters. The zero-order chi connectivity index (χ0) is 22.7. The van der Waals surface area contributed by atoms with Gasteiger partial charge in [0.25, 0.3) is 11.8 Å². The van der Waals surface area contributed by atoms with Crippen LogP contribution in [-0.2, 0) is 27.2 Å². The molecule has 0 bridgehead atoms. The Kier molecular flexibility index (Phi) is 4.33. The number of hydrogen-bond acceptors (Lipinski definition) is 6. The molecule has 1 unspecified atom stereocenters. The number of benzene rings is 2. The molecule has 7 heteroatoms. The van der Waals surface area contributed by atoms with E-state index in [1.165, 1.54) is 0 Å². The smallest absolute Gasteiger partial charge is 0.261 e. The topological polar surface area (TPSA) is 88.1 Å². The van der Waals surface area contributed by atoms with Crippen LogP contribution in [0.5, 0.6) is 5.75 Å². The number of imide groups is 1. The van der Waals surface area contributed by atoms with Gasteiger partial charge in [0.05, 0.1) is 35.2 Å². The maximum atomic E-state index is 13.1. The Hall–Kier alpha value is -4.00. The number of Topliss-reactive ketones (excluding diaryl/α,β-unsaturated/α-hetero) is 1. The summed E-state index contributed by atoms with van der Waals surface area (Å²) in [4.78, 5) is 45.3. The Labute approximate surface area is 190 Å². The molecule has 0 saturated heterocycles. The summed E-state index contributed by atoms with van der Waals surface area (Å²) < 4.78 is 5.83. The number of hydrogen-bond donors (Lipinski definition) is 1. The van der Waals surface area contributed by atoms with Crippen molar-refractivity contribution in [1.29, 1.82) is 0 Å². The fraction of sp³-hybridized carbons (Fsp3) is 0.231. The summed E-state index contributed by atoms with van der Waals surface area (Å²) in [6, 6.07) is 11.2. The van der Waals surface area contributed by atoms with Crippen molar-refractivity contribution in [2.45, 2.75) is 32.2 Å². The van der Waals surface area contributed by atoms with Gasteiger partial charge in [-0.2, -0.15) is 0 Å². The molecule has 2 amide bonds. The van der Waals surface area contributed by atoms with Crippen LogP contribution in [0.1, 0.15) is 35.6 Å². The molecule has 0 fully saturated rings. The molecule has 6 rings (SSSR count). The minimum absolute atomic E-state index is 0.149. The Bertz CT molecular complexity index is 1350. The number of para-hydroxylation sites is 2. The van der Waals surface area contributed by atoms with Crippen molar-refractivity contribution in [3.8, 4) is 5.75 Å². The van der Waals surface area contributed by atoms with E-state index in [2.05, 4.69) is 10.3 Å². The maximum Gasteiger partial charge on any atom is 0.261 e. The Morgan fingerprint density at radius 2 is 1.85 bits per heavy atom. The molecule has 0 spiro atoms. The number of carbonyl (C=O) groups excluding carboxylic acids is 3. The molecule has 0 aromatic heterocycles. The summed E-state index contributed by atoms with van der Waals surface area (Å²) >= 11 is 0. The number of fused-ring (bicyclic) bond motifs is 1. The number of aliphatic imine (C=N–C) groups is 1. The van der Waals surface area contributed by atoms with Gasteiger partial charge >= 0.3 is 0 Å². The van der Waals surface area contributed by atoms with Crippen LogP contribution in [-0.4, -0.2) is 36.0 Å². The van der Waals surface area contributed by atoms with Gasteiger partial charge in [-0.1, -0.05) is 43.3 Å². The van der Waals surface area contributed by atoms with Crippen LogP contribution in [0.25, 0.3) is 5.57 Å². The van der Waals surface area contributed by atoms with Gasteiger partial charge in [-0.3, -0.25) is 24.7 Å². The molecule has 4 aliphatic heterocycles. The lowest BCUT2D eigenvalue weighted by atomic mass is 9.91. The summed E-state index contributed by atoms with van der Waals surface area (Å²) in [5.41, 5.74) is 5.16. The van der Waals surface area contributed by atoms with E-state index in [4.69, 9.17) is 4.74 Å². The molecular weight excluding hydrogens is 418 g/mol. The normalized spacial score (nSPS) is 20.3. The molecule has 0 saturated carbocycles. The third kappa shape index (κ3) is 2.81. The zero-order valence-electron chi connectivity index (χ0n) is 18.1. The number of ketones is 1. The average molecular weight is 439 g/mol. The van der Waals surface area contributed by atoms with E-state index in [0.717, 1.165) is 28.8 Å². The number of rotatable bonds is 4. The van der Waals surface area contributed by atoms with Gasteiger partial charge in [0.15, 0.2) is 5.78 Å². The molecule has 164 valence electrons. The van der Waals surface area contributed by atoms with Crippen molar-refractivity contribution in [1.82, 2.24) is 5.32 Å². The van der Waals surface area contributed by atoms with Crippen molar-refractivity contribution in [2.75, 3.05) is 11.5 Å². The first kappa shape index (κ1) is 19.7. The van der Waals surface area contributed by atoms with Gasteiger partial charge < -0.3 is 9.64 Å². The maximum absolute atomic E-state index is 13.1. The van der Waals surface area contributed by atoms with Gasteiger partial charge in [-0.05, 0) is 11.1 Å². The highest BCUT2D eigenvalue weighted by Crippen LogP contribution is 2.42. The lowest BCUT2D eigenvalue weighted by Crippen LogP contribution is -2.34. The van der Waals surface area contributed by atoms with Crippen molar-refractivity contribution in [3.05, 3.63) is 76.6 Å². The second-order valence-electron chi connectivity index (χ2n) is 8.46. The van der Waals surface area contributed by atoms with Crippen LogP contribution in [0.2, 0.25) is 0 Å². The molecule has 2 aromatic carbocycles. The summed E-state index contributed by atoms with van der Waals surface area (Å²) in [6.45, 7) is 2.41. The van der Waals surface area contributed by atoms with E-state index < -0.39 is 11.8 Å². The first-order chi connectivity index (χ1) is 16.1. The van der Waals surface area contributed by atoms with Gasteiger partial charge in [-0.25, -0.2) is 0 Å². The second kappa shape index (κ2) is 7.27. The first-order valence-corrected chi connectivity index (χ1v) is 11.1. The van der Waals surface area contributed by atoms with Crippen molar-refractivity contribution in [3.63, 3.8) is 0 Å². The SMILES string of the molecule is CCC(=O)C1Cc2cccc3c2N1C=CN=C3C1=C(c2cccc3c2OCC3)C(=O)NC1=O. The highest BCUT2D eigenvalue weighted by Gasteiger charge is 2.41. The van der Waals surface area contributed by atoms with E-state index in [1.807, 2.05) is 48.2 Å². The van der Waals surface area contributed by atoms with Crippen LogP contribution in [0.3, 0.4) is 0 Å². The second-order valence-corrected chi connectivity index (χ2v) is 8.46. The number of nitrogens with zero attached hydrogens (tertiary/aromatic N) is 2. The van der Waals surface area contributed by atoms with Crippen LogP contribution >= 0.6 is 0 Å². The predicted octanol–water partition coefficient (Wildman–Crippen LogP) is 2.72. The molecule has 4 aliphatic rings. The van der Waals surface area contributed by atoms with E-state index in [0.29, 0.717) is 36.5 Å². The first-order valence-electron chi connectivity index (χ1n) is 11.1. The molecule has 4 heterocycles. The number of ether oxygens (including phenoxy) is 1. The Morgan fingerprint density at radius 3 is 2.67 bits per heavy atom.